The van der Waals surface area contributed by atoms with Gasteiger partial charge in [-0.25, -0.2) is 0 Å². The molecule has 1 heterocycles. The van der Waals surface area contributed by atoms with E-state index in [9.17, 15) is 10.1 Å². The van der Waals surface area contributed by atoms with Crippen LogP contribution in [0.15, 0.2) is 42.5 Å². The fourth-order valence-corrected chi connectivity index (χ4v) is 5.82. The number of nitro groups is 1. The molecule has 2 aromatic rings. The molecule has 1 N–H and O–H groups in total. The molecule has 5 rings (SSSR count). The molecule has 2 fully saturated rings. The molecule has 25 heavy (non-hydrogen) atoms. The summed E-state index contributed by atoms with van der Waals surface area (Å²) in [6, 6.07) is 13.6. The van der Waals surface area contributed by atoms with E-state index >= 15 is 0 Å². The van der Waals surface area contributed by atoms with Crippen LogP contribution in [0.5, 0.6) is 0 Å². The van der Waals surface area contributed by atoms with Crippen LogP contribution in [0.2, 0.25) is 5.02 Å². The van der Waals surface area contributed by atoms with Crippen molar-refractivity contribution in [1.82, 2.24) is 0 Å². The molecule has 0 radical (unpaired) electrons. The maximum atomic E-state index is 11.2. The fourth-order valence-electron chi connectivity index (χ4n) is 5.62. The third-order valence-corrected chi connectivity index (χ3v) is 6.72. The first-order chi connectivity index (χ1) is 12.1. The van der Waals surface area contributed by atoms with Crippen LogP contribution in [-0.2, 0) is 0 Å². The molecule has 5 heteroatoms. The highest BCUT2D eigenvalue weighted by atomic mass is 35.5. The van der Waals surface area contributed by atoms with Crippen LogP contribution in [0.3, 0.4) is 0 Å². The average molecular weight is 355 g/mol. The topological polar surface area (TPSA) is 55.2 Å². The standard InChI is InChI=1S/C20H19ClN2O2/c21-14-3-1-2-13(9-14)20-19-12-5-4-11(8-12)18(19)16-10-15(23(24)25)6-7-17(16)22-20/h1-3,6-7,9-12,18-20,22H,4-5,8H2/t11-,12-,18-,19+,20+/m0/s1. The highest BCUT2D eigenvalue weighted by Gasteiger charge is 2.54. The summed E-state index contributed by atoms with van der Waals surface area (Å²) in [6.07, 6.45) is 3.77. The summed E-state index contributed by atoms with van der Waals surface area (Å²) in [5, 5.41) is 15.7. The van der Waals surface area contributed by atoms with Gasteiger partial charge >= 0.3 is 0 Å². The van der Waals surface area contributed by atoms with Crippen LogP contribution in [0.4, 0.5) is 11.4 Å². The second-order valence-electron chi connectivity index (χ2n) is 7.64. The van der Waals surface area contributed by atoms with Gasteiger partial charge in [-0.15, -0.1) is 0 Å². The predicted molar refractivity (Wildman–Crippen MR) is 98.0 cm³/mol. The summed E-state index contributed by atoms with van der Waals surface area (Å²) in [4.78, 5) is 10.9. The van der Waals surface area contributed by atoms with Crippen LogP contribution in [0, 0.1) is 27.9 Å². The van der Waals surface area contributed by atoms with Crippen molar-refractivity contribution in [2.45, 2.75) is 31.2 Å². The van der Waals surface area contributed by atoms with Crippen LogP contribution >= 0.6 is 11.6 Å². The van der Waals surface area contributed by atoms with Crippen molar-refractivity contribution in [2.75, 3.05) is 5.32 Å². The van der Waals surface area contributed by atoms with E-state index in [1.165, 1.54) is 24.8 Å². The van der Waals surface area contributed by atoms with E-state index in [4.69, 9.17) is 11.6 Å². The van der Waals surface area contributed by atoms with Crippen molar-refractivity contribution in [3.8, 4) is 0 Å². The number of nitro benzene ring substituents is 1. The number of non-ortho nitro benzene ring substituents is 1. The van der Waals surface area contributed by atoms with E-state index in [0.29, 0.717) is 23.7 Å². The van der Waals surface area contributed by atoms with Gasteiger partial charge in [-0.05, 0) is 72.3 Å². The van der Waals surface area contributed by atoms with Gasteiger partial charge in [0, 0.05) is 22.8 Å². The number of benzene rings is 2. The van der Waals surface area contributed by atoms with Crippen molar-refractivity contribution >= 4 is 23.0 Å². The molecule has 0 aromatic heterocycles. The van der Waals surface area contributed by atoms with Gasteiger partial charge in [0.1, 0.15) is 0 Å². The molecule has 0 spiro atoms. The molecule has 0 amide bonds. The zero-order valence-electron chi connectivity index (χ0n) is 13.7. The van der Waals surface area contributed by atoms with Crippen molar-refractivity contribution in [2.24, 2.45) is 17.8 Å². The number of hydrogen-bond donors (Lipinski definition) is 1. The molecule has 2 saturated carbocycles. The SMILES string of the molecule is O=[N+]([O-])c1ccc2c(c1)[C@@H]1[C@H]3CC[C@@H](C3)[C@H]1[C@@H](c1cccc(Cl)c1)N2. The van der Waals surface area contributed by atoms with E-state index in [1.54, 1.807) is 12.1 Å². The van der Waals surface area contributed by atoms with E-state index in [2.05, 4.69) is 17.4 Å². The van der Waals surface area contributed by atoms with Crippen molar-refractivity contribution < 1.29 is 4.92 Å². The maximum Gasteiger partial charge on any atom is 0.269 e. The van der Waals surface area contributed by atoms with Gasteiger partial charge in [0.15, 0.2) is 0 Å². The fraction of sp³-hybridized carbons (Fsp3) is 0.400. The monoisotopic (exact) mass is 354 g/mol. The average Bonchev–Trinajstić information content (AvgIpc) is 3.22. The lowest BCUT2D eigenvalue weighted by Gasteiger charge is -2.43. The lowest BCUT2D eigenvalue weighted by Crippen LogP contribution is -2.35. The third kappa shape index (κ3) is 2.27. The molecular formula is C20H19ClN2O2. The molecule has 0 unspecified atom stereocenters. The summed E-state index contributed by atoms with van der Waals surface area (Å²) in [5.74, 6) is 2.25. The van der Waals surface area contributed by atoms with Crippen molar-refractivity contribution in [1.29, 1.82) is 0 Å². The van der Waals surface area contributed by atoms with Gasteiger partial charge < -0.3 is 5.32 Å². The number of anilines is 1. The third-order valence-electron chi connectivity index (χ3n) is 6.49. The number of fused-ring (bicyclic) bond motifs is 7. The normalized spacial score (nSPS) is 32.0. The number of nitrogens with one attached hydrogen (secondary N) is 1. The Morgan fingerprint density at radius 2 is 1.96 bits per heavy atom. The Bertz CT molecular complexity index is 869. The minimum Gasteiger partial charge on any atom is -0.378 e. The summed E-state index contributed by atoms with van der Waals surface area (Å²) in [6.45, 7) is 0. The minimum absolute atomic E-state index is 0.197. The van der Waals surface area contributed by atoms with Crippen molar-refractivity contribution in [3.05, 3.63) is 68.7 Å². The Kier molecular flexibility index (Phi) is 3.32. The first-order valence-corrected chi connectivity index (χ1v) is 9.30. The largest absolute Gasteiger partial charge is 0.378 e. The second kappa shape index (κ2) is 5.46. The molecule has 2 aliphatic carbocycles. The Labute approximate surface area is 151 Å². The number of rotatable bonds is 2. The van der Waals surface area contributed by atoms with Crippen LogP contribution in [-0.4, -0.2) is 4.92 Å². The molecular weight excluding hydrogens is 336 g/mol. The summed E-state index contributed by atoms with van der Waals surface area (Å²) >= 11 is 6.24. The van der Waals surface area contributed by atoms with Crippen LogP contribution < -0.4 is 5.32 Å². The van der Waals surface area contributed by atoms with E-state index < -0.39 is 0 Å². The quantitative estimate of drug-likeness (QED) is 0.568. The van der Waals surface area contributed by atoms with E-state index in [0.717, 1.165) is 16.3 Å². The first-order valence-electron chi connectivity index (χ1n) is 8.92. The Hall–Kier alpha value is -2.07. The Morgan fingerprint density at radius 1 is 1.12 bits per heavy atom. The number of hydrogen-bond acceptors (Lipinski definition) is 3. The first kappa shape index (κ1) is 15.2. The molecule has 0 saturated heterocycles. The molecule has 3 aliphatic rings. The molecule has 2 bridgehead atoms. The van der Waals surface area contributed by atoms with Crippen LogP contribution in [0.1, 0.15) is 42.3 Å². The summed E-state index contributed by atoms with van der Waals surface area (Å²) in [7, 11) is 0. The maximum absolute atomic E-state index is 11.2. The lowest BCUT2D eigenvalue weighted by molar-refractivity contribution is -0.384. The van der Waals surface area contributed by atoms with Gasteiger partial charge in [-0.3, -0.25) is 10.1 Å². The van der Waals surface area contributed by atoms with E-state index in [1.807, 2.05) is 18.2 Å². The lowest BCUT2D eigenvalue weighted by atomic mass is 9.68. The Morgan fingerprint density at radius 3 is 2.76 bits per heavy atom. The van der Waals surface area contributed by atoms with Gasteiger partial charge in [0.2, 0.25) is 0 Å². The zero-order valence-corrected chi connectivity index (χ0v) is 14.4. The zero-order chi connectivity index (χ0) is 17.1. The van der Waals surface area contributed by atoms with Gasteiger partial charge in [0.25, 0.3) is 5.69 Å². The van der Waals surface area contributed by atoms with Gasteiger partial charge in [-0.1, -0.05) is 23.7 Å². The second-order valence-corrected chi connectivity index (χ2v) is 8.08. The number of nitrogens with zero attached hydrogens (tertiary/aromatic N) is 1. The van der Waals surface area contributed by atoms with Crippen molar-refractivity contribution in [3.63, 3.8) is 0 Å². The molecule has 128 valence electrons. The van der Waals surface area contributed by atoms with Crippen LogP contribution in [0.25, 0.3) is 0 Å². The smallest absolute Gasteiger partial charge is 0.269 e. The minimum atomic E-state index is -0.286. The summed E-state index contributed by atoms with van der Waals surface area (Å²) < 4.78 is 0. The van der Waals surface area contributed by atoms with E-state index in [-0.39, 0.29) is 16.7 Å². The predicted octanol–water partition coefficient (Wildman–Crippen LogP) is 5.54. The molecule has 5 atom stereocenters. The summed E-state index contributed by atoms with van der Waals surface area (Å²) in [5.41, 5.74) is 3.61. The van der Waals surface area contributed by atoms with Gasteiger partial charge in [0.05, 0.1) is 11.0 Å². The highest BCUT2D eigenvalue weighted by Crippen LogP contribution is 2.63. The molecule has 2 aromatic carbocycles. The number of halogens is 1. The molecule has 1 aliphatic heterocycles. The highest BCUT2D eigenvalue weighted by molar-refractivity contribution is 6.30. The van der Waals surface area contributed by atoms with Gasteiger partial charge in [-0.2, -0.15) is 0 Å². The molecule has 4 nitrogen and oxygen atoms in total. The Balaban J connectivity index is 1.64.